The van der Waals surface area contributed by atoms with Crippen LogP contribution in [0.4, 0.5) is 0 Å². The zero-order valence-electron chi connectivity index (χ0n) is 18.5. The van der Waals surface area contributed by atoms with Crippen LogP contribution in [0.5, 0.6) is 5.75 Å². The van der Waals surface area contributed by atoms with Gasteiger partial charge in [-0.1, -0.05) is 30.3 Å². The molecule has 1 atom stereocenters. The fourth-order valence-electron chi connectivity index (χ4n) is 3.10. The molecule has 32 heavy (non-hydrogen) atoms. The van der Waals surface area contributed by atoms with Crippen LogP contribution in [0.2, 0.25) is 0 Å². The number of methoxy groups -OCH3 is 1. The number of aliphatic hydroxyl groups excluding tert-OH is 1. The molecule has 1 unspecified atom stereocenters. The molecule has 3 rings (SSSR count). The highest BCUT2D eigenvalue weighted by Gasteiger charge is 2.12. The van der Waals surface area contributed by atoms with Crippen molar-refractivity contribution in [3.63, 3.8) is 0 Å². The molecule has 0 amide bonds. The summed E-state index contributed by atoms with van der Waals surface area (Å²) >= 11 is 1.62. The smallest absolute Gasteiger partial charge is 0.191 e. The molecule has 3 N–H and O–H groups in total. The number of aliphatic hydroxyl groups is 1. The Morgan fingerprint density at radius 3 is 2.72 bits per heavy atom. The molecule has 3 aromatic rings. The van der Waals surface area contributed by atoms with E-state index in [9.17, 15) is 5.11 Å². The number of fused-ring (bicyclic) bond motifs is 1. The van der Waals surface area contributed by atoms with E-state index in [0.29, 0.717) is 32.3 Å². The number of ether oxygens (including phenoxy) is 2. The molecule has 174 valence electrons. The summed E-state index contributed by atoms with van der Waals surface area (Å²) in [6.45, 7) is 4.99. The first kappa shape index (κ1) is 26.4. The number of hydrogen-bond donors (Lipinski definition) is 3. The summed E-state index contributed by atoms with van der Waals surface area (Å²) in [5, 5.41) is 18.3. The van der Waals surface area contributed by atoms with E-state index >= 15 is 0 Å². The van der Waals surface area contributed by atoms with Crippen LogP contribution in [0.1, 0.15) is 29.9 Å². The number of guanidine groups is 1. The summed E-state index contributed by atoms with van der Waals surface area (Å²) in [7, 11) is 1.69. The molecule has 2 aromatic carbocycles. The highest BCUT2D eigenvalue weighted by Crippen LogP contribution is 2.29. The molecule has 0 aliphatic carbocycles. The van der Waals surface area contributed by atoms with Gasteiger partial charge in [0.25, 0.3) is 0 Å². The molecular formula is C24H32IN3O3S. The second kappa shape index (κ2) is 14.3. The quantitative estimate of drug-likeness (QED) is 0.135. The predicted octanol–water partition coefficient (Wildman–Crippen LogP) is 4.72. The molecule has 1 heterocycles. The maximum absolute atomic E-state index is 10.6. The molecule has 6 nitrogen and oxygen atoms in total. The van der Waals surface area contributed by atoms with E-state index in [-0.39, 0.29) is 24.0 Å². The lowest BCUT2D eigenvalue weighted by Gasteiger charge is -2.14. The third-order valence-corrected chi connectivity index (χ3v) is 5.88. The Bertz CT molecular complexity index is 947. The fraction of sp³-hybridized carbons (Fsp3) is 0.375. The molecule has 0 fully saturated rings. The Kier molecular flexibility index (Phi) is 11.8. The van der Waals surface area contributed by atoms with Crippen molar-refractivity contribution in [1.29, 1.82) is 0 Å². The van der Waals surface area contributed by atoms with Gasteiger partial charge in [-0.2, -0.15) is 0 Å². The van der Waals surface area contributed by atoms with Crippen molar-refractivity contribution < 1.29 is 14.6 Å². The van der Waals surface area contributed by atoms with Crippen molar-refractivity contribution >= 4 is 51.4 Å². The Morgan fingerprint density at radius 1 is 1.09 bits per heavy atom. The summed E-state index contributed by atoms with van der Waals surface area (Å²) in [5.74, 6) is 1.51. The van der Waals surface area contributed by atoms with Crippen LogP contribution in [0, 0.1) is 0 Å². The second-order valence-electron chi connectivity index (χ2n) is 7.12. The molecule has 0 saturated heterocycles. The van der Waals surface area contributed by atoms with Crippen molar-refractivity contribution in [2.24, 2.45) is 4.99 Å². The van der Waals surface area contributed by atoms with Crippen molar-refractivity contribution in [1.82, 2.24) is 10.6 Å². The first-order chi connectivity index (χ1) is 15.2. The average molecular weight is 570 g/mol. The van der Waals surface area contributed by atoms with E-state index in [2.05, 4.69) is 33.8 Å². The minimum absolute atomic E-state index is 0. The summed E-state index contributed by atoms with van der Waals surface area (Å²) < 4.78 is 12.0. The van der Waals surface area contributed by atoms with Gasteiger partial charge in [0.15, 0.2) is 5.96 Å². The molecule has 0 bridgehead atoms. The molecule has 0 spiro atoms. The number of nitrogens with zero attached hydrogens (tertiary/aromatic N) is 1. The third-order valence-electron chi connectivity index (χ3n) is 4.66. The Hall–Kier alpha value is -1.88. The van der Waals surface area contributed by atoms with Gasteiger partial charge >= 0.3 is 0 Å². The van der Waals surface area contributed by atoms with E-state index in [0.717, 1.165) is 34.5 Å². The second-order valence-corrected chi connectivity index (χ2v) is 8.24. The Labute approximate surface area is 211 Å². The highest BCUT2D eigenvalue weighted by molar-refractivity contribution is 14.0. The largest absolute Gasteiger partial charge is 0.493 e. The normalized spacial score (nSPS) is 12.3. The number of halogens is 1. The molecule has 0 aliphatic rings. The fourth-order valence-corrected chi connectivity index (χ4v) is 4.15. The van der Waals surface area contributed by atoms with Crippen molar-refractivity contribution in [3.05, 3.63) is 65.0 Å². The van der Waals surface area contributed by atoms with Gasteiger partial charge in [-0.3, -0.25) is 0 Å². The van der Waals surface area contributed by atoms with Gasteiger partial charge in [0.05, 0.1) is 13.2 Å². The van der Waals surface area contributed by atoms with Crippen LogP contribution in [-0.2, 0) is 11.3 Å². The van der Waals surface area contributed by atoms with Crippen molar-refractivity contribution in [3.8, 4) is 5.75 Å². The lowest BCUT2D eigenvalue weighted by Crippen LogP contribution is -2.39. The van der Waals surface area contributed by atoms with Gasteiger partial charge < -0.3 is 25.2 Å². The average Bonchev–Trinajstić information content (AvgIpc) is 3.23. The van der Waals surface area contributed by atoms with Gasteiger partial charge in [0, 0.05) is 42.8 Å². The van der Waals surface area contributed by atoms with Crippen LogP contribution in [0.15, 0.2) is 59.6 Å². The van der Waals surface area contributed by atoms with Gasteiger partial charge in [0.2, 0.25) is 0 Å². The SMILES string of the molecule is CCNC(=NCc1cccc(OCCCOC)c1)NCC(O)c1cc2ccccc2s1.I. The molecule has 0 radical (unpaired) electrons. The monoisotopic (exact) mass is 569 g/mol. The number of hydrogen-bond acceptors (Lipinski definition) is 5. The van der Waals surface area contributed by atoms with E-state index in [1.807, 2.05) is 43.3 Å². The van der Waals surface area contributed by atoms with Crippen LogP contribution in [0.25, 0.3) is 10.1 Å². The number of aliphatic imine (C=N–C) groups is 1. The first-order valence-corrected chi connectivity index (χ1v) is 11.4. The minimum Gasteiger partial charge on any atom is -0.493 e. The summed E-state index contributed by atoms with van der Waals surface area (Å²) in [4.78, 5) is 5.60. The van der Waals surface area contributed by atoms with Crippen molar-refractivity contribution in [2.45, 2.75) is 26.0 Å². The minimum atomic E-state index is -0.593. The van der Waals surface area contributed by atoms with Crippen LogP contribution < -0.4 is 15.4 Å². The molecule has 8 heteroatoms. The Morgan fingerprint density at radius 2 is 1.94 bits per heavy atom. The van der Waals surface area contributed by atoms with Gasteiger partial charge in [0.1, 0.15) is 11.9 Å². The van der Waals surface area contributed by atoms with Gasteiger partial charge in [-0.15, -0.1) is 35.3 Å². The highest BCUT2D eigenvalue weighted by atomic mass is 127. The topological polar surface area (TPSA) is 75.1 Å². The van der Waals surface area contributed by atoms with Gasteiger partial charge in [-0.25, -0.2) is 4.99 Å². The predicted molar refractivity (Wildman–Crippen MR) is 143 cm³/mol. The number of benzene rings is 2. The maximum atomic E-state index is 10.6. The maximum Gasteiger partial charge on any atom is 0.191 e. The van der Waals surface area contributed by atoms with Crippen LogP contribution in [-0.4, -0.2) is 44.5 Å². The van der Waals surface area contributed by atoms with E-state index in [1.54, 1.807) is 18.4 Å². The number of rotatable bonds is 11. The van der Waals surface area contributed by atoms with Crippen LogP contribution >= 0.6 is 35.3 Å². The van der Waals surface area contributed by atoms with E-state index < -0.39 is 6.10 Å². The molecule has 1 aromatic heterocycles. The number of nitrogens with one attached hydrogen (secondary N) is 2. The first-order valence-electron chi connectivity index (χ1n) is 10.6. The van der Waals surface area contributed by atoms with Crippen molar-refractivity contribution in [2.75, 3.05) is 33.4 Å². The zero-order chi connectivity index (χ0) is 21.9. The zero-order valence-corrected chi connectivity index (χ0v) is 21.7. The van der Waals surface area contributed by atoms with E-state index in [4.69, 9.17) is 9.47 Å². The number of thiophene rings is 1. The standard InChI is InChI=1S/C24H31N3O3S.HI/c1-3-25-24(26-16-18-8-6-10-20(14-18)30-13-7-12-29-2)27-17-21(28)23-15-19-9-4-5-11-22(19)31-23;/h4-6,8-11,14-15,21,28H,3,7,12-13,16-17H2,1-2H3,(H2,25,26,27);1H. The van der Waals surface area contributed by atoms with Gasteiger partial charge in [-0.05, 0) is 42.1 Å². The van der Waals surface area contributed by atoms with E-state index in [1.165, 1.54) is 4.70 Å². The molecule has 0 aliphatic heterocycles. The lowest BCUT2D eigenvalue weighted by molar-refractivity contribution is 0.172. The Balaban J connectivity index is 0.00000363. The summed E-state index contributed by atoms with van der Waals surface area (Å²) in [6, 6.07) is 18.2. The van der Waals surface area contributed by atoms with Crippen LogP contribution in [0.3, 0.4) is 0 Å². The lowest BCUT2D eigenvalue weighted by atomic mass is 10.2. The third kappa shape index (κ3) is 8.23. The molecule has 0 saturated carbocycles. The summed E-state index contributed by atoms with van der Waals surface area (Å²) in [5.41, 5.74) is 1.06. The molecular weight excluding hydrogens is 537 g/mol. The summed E-state index contributed by atoms with van der Waals surface area (Å²) in [6.07, 6.45) is 0.264.